The van der Waals surface area contributed by atoms with E-state index in [9.17, 15) is 14.4 Å². The number of carbonyl (C=O) groups is 3. The third-order valence-electron chi connectivity index (χ3n) is 8.51. The Morgan fingerprint density at radius 3 is 1.86 bits per heavy atom. The topological polar surface area (TPSA) is 103 Å². The molecule has 264 valence electrons. The van der Waals surface area contributed by atoms with E-state index in [2.05, 4.69) is 51.4 Å². The molecule has 49 heavy (non-hydrogen) atoms. The van der Waals surface area contributed by atoms with E-state index in [1.165, 1.54) is 11.6 Å². The van der Waals surface area contributed by atoms with Crippen LogP contribution in [-0.2, 0) is 43.1 Å². The number of benzene rings is 3. The number of nitrogens with zero attached hydrogens (tertiary/aromatic N) is 1. The van der Waals surface area contributed by atoms with E-state index in [1.807, 2.05) is 78.9 Å². The number of rotatable bonds is 16. The van der Waals surface area contributed by atoms with Gasteiger partial charge in [0.1, 0.15) is 13.2 Å². The highest BCUT2D eigenvalue weighted by molar-refractivity contribution is 6.74. The zero-order valence-electron chi connectivity index (χ0n) is 29.7. The van der Waals surface area contributed by atoms with Crippen molar-refractivity contribution in [2.24, 2.45) is 0 Å². The maximum Gasteiger partial charge on any atom is 0.429 e. The zero-order valence-corrected chi connectivity index (χ0v) is 30.7. The molecule has 0 saturated carbocycles. The normalized spacial score (nSPS) is 12.9. The molecule has 0 spiro atoms. The van der Waals surface area contributed by atoms with E-state index in [1.54, 1.807) is 13.0 Å². The molecular weight excluding hydrogens is 637 g/mol. The molecule has 0 aliphatic rings. The predicted molar refractivity (Wildman–Crippen MR) is 194 cm³/mol. The molecule has 0 saturated heterocycles. The van der Waals surface area contributed by atoms with Crippen LogP contribution in [0.3, 0.4) is 0 Å². The zero-order chi connectivity index (χ0) is 35.7. The van der Waals surface area contributed by atoms with Crippen molar-refractivity contribution in [1.82, 2.24) is 10.4 Å². The fourth-order valence-corrected chi connectivity index (χ4v) is 6.22. The Labute approximate surface area is 292 Å². The molecular formula is C39H52N2O7Si. The molecule has 1 N–H and O–H groups in total. The van der Waals surface area contributed by atoms with E-state index >= 15 is 0 Å². The van der Waals surface area contributed by atoms with Crippen molar-refractivity contribution < 1.29 is 33.0 Å². The Morgan fingerprint density at radius 1 is 0.796 bits per heavy atom. The summed E-state index contributed by atoms with van der Waals surface area (Å²) in [6.45, 7) is 12.8. The van der Waals surface area contributed by atoms with Crippen LogP contribution in [0.2, 0.25) is 18.1 Å². The molecule has 0 heterocycles. The molecule has 3 rings (SSSR count). The van der Waals surface area contributed by atoms with Crippen LogP contribution in [0.1, 0.15) is 63.6 Å². The lowest BCUT2D eigenvalue weighted by atomic mass is 10.0. The highest BCUT2D eigenvalue weighted by atomic mass is 28.4. The Balaban J connectivity index is 1.93. The van der Waals surface area contributed by atoms with Gasteiger partial charge in [-0.3, -0.25) is 0 Å². The average Bonchev–Trinajstić information content (AvgIpc) is 3.08. The first-order chi connectivity index (χ1) is 23.4. The first-order valence-electron chi connectivity index (χ1n) is 16.9. The van der Waals surface area contributed by atoms with Gasteiger partial charge >= 0.3 is 18.2 Å². The molecule has 0 unspecified atom stereocenters. The highest BCUT2D eigenvalue weighted by Gasteiger charge is 2.40. The van der Waals surface area contributed by atoms with Crippen molar-refractivity contribution in [3.05, 3.63) is 120 Å². The molecule has 0 bridgehead atoms. The third-order valence-corrected chi connectivity index (χ3v) is 13.0. The number of nitrogens with one attached hydrogen (secondary N) is 1. The van der Waals surface area contributed by atoms with Gasteiger partial charge in [0.15, 0.2) is 8.32 Å². The minimum absolute atomic E-state index is 0.000494. The number of hydrogen-bond acceptors (Lipinski definition) is 7. The van der Waals surface area contributed by atoms with Gasteiger partial charge in [-0.2, -0.15) is 0 Å². The number of amides is 2. The van der Waals surface area contributed by atoms with Crippen molar-refractivity contribution in [3.8, 4) is 0 Å². The van der Waals surface area contributed by atoms with Crippen LogP contribution < -0.4 is 5.43 Å². The van der Waals surface area contributed by atoms with Crippen molar-refractivity contribution in [3.63, 3.8) is 0 Å². The lowest BCUT2D eigenvalue weighted by Crippen LogP contribution is -2.53. The number of hydrogen-bond donors (Lipinski definition) is 1. The summed E-state index contributed by atoms with van der Waals surface area (Å²) in [5, 5.41) is 1.01. The van der Waals surface area contributed by atoms with Gasteiger partial charge in [0.2, 0.25) is 0 Å². The number of aryl methyl sites for hydroxylation is 1. The molecule has 0 aromatic heterocycles. The lowest BCUT2D eigenvalue weighted by Gasteiger charge is -2.41. The lowest BCUT2D eigenvalue weighted by molar-refractivity contribution is -0.137. The van der Waals surface area contributed by atoms with Gasteiger partial charge in [0.05, 0.1) is 12.6 Å². The van der Waals surface area contributed by atoms with Crippen LogP contribution in [0, 0.1) is 0 Å². The van der Waals surface area contributed by atoms with Crippen LogP contribution >= 0.6 is 0 Å². The fourth-order valence-electron chi connectivity index (χ4n) is 4.82. The van der Waals surface area contributed by atoms with Crippen molar-refractivity contribution >= 4 is 26.5 Å². The number of esters is 1. The monoisotopic (exact) mass is 688 g/mol. The second-order valence-electron chi connectivity index (χ2n) is 13.4. The molecule has 3 aromatic carbocycles. The molecule has 0 aliphatic heterocycles. The van der Waals surface area contributed by atoms with Gasteiger partial charge in [0.25, 0.3) is 0 Å². The molecule has 9 nitrogen and oxygen atoms in total. The Hall–Kier alpha value is -4.41. The van der Waals surface area contributed by atoms with Crippen LogP contribution in [0.25, 0.3) is 0 Å². The maximum absolute atomic E-state index is 13.8. The van der Waals surface area contributed by atoms with Crippen LogP contribution in [0.15, 0.2) is 103 Å². The Kier molecular flexibility index (Phi) is 15.6. The summed E-state index contributed by atoms with van der Waals surface area (Å²) >= 11 is 0. The molecule has 0 fully saturated rings. The average molecular weight is 689 g/mol. The molecule has 0 aliphatic carbocycles. The molecule has 0 radical (unpaired) electrons. The summed E-state index contributed by atoms with van der Waals surface area (Å²) in [4.78, 5) is 39.5. The number of ether oxygens (including phenoxy) is 3. The summed E-state index contributed by atoms with van der Waals surface area (Å²) in [6.07, 6.45) is 3.52. The summed E-state index contributed by atoms with van der Waals surface area (Å²) in [5.74, 6) is -0.567. The summed E-state index contributed by atoms with van der Waals surface area (Å²) in [7, 11) is -2.29. The summed E-state index contributed by atoms with van der Waals surface area (Å²) in [5.41, 5.74) is 5.40. The second-order valence-corrected chi connectivity index (χ2v) is 18.1. The Morgan fingerprint density at radius 2 is 1.33 bits per heavy atom. The van der Waals surface area contributed by atoms with E-state index in [-0.39, 0.29) is 37.4 Å². The van der Waals surface area contributed by atoms with Gasteiger partial charge in [-0.25, -0.2) is 24.8 Å². The molecule has 3 aromatic rings. The molecule has 10 heteroatoms. The third kappa shape index (κ3) is 13.9. The van der Waals surface area contributed by atoms with Crippen molar-refractivity contribution in [2.45, 2.75) is 96.9 Å². The van der Waals surface area contributed by atoms with Crippen molar-refractivity contribution in [2.75, 3.05) is 6.61 Å². The minimum Gasteiger partial charge on any atom is -0.463 e. The highest BCUT2D eigenvalue weighted by Crippen LogP contribution is 2.38. The van der Waals surface area contributed by atoms with E-state index in [0.29, 0.717) is 6.42 Å². The van der Waals surface area contributed by atoms with Crippen LogP contribution in [0.4, 0.5) is 9.59 Å². The van der Waals surface area contributed by atoms with Crippen molar-refractivity contribution in [1.29, 1.82) is 0 Å². The SMILES string of the molecule is CCOC(=O)/C=C/[C@@H](C[C@@H](CCCc1ccccc1)O[Si](C)(C)C(C)(C)C)N(NC(=O)OCc1ccccc1)C(=O)OCc1ccccc1. The minimum atomic E-state index is -2.29. The Bertz CT molecular complexity index is 1460. The summed E-state index contributed by atoms with van der Waals surface area (Å²) in [6, 6.07) is 27.9. The van der Waals surface area contributed by atoms with Gasteiger partial charge in [0, 0.05) is 12.2 Å². The first-order valence-corrected chi connectivity index (χ1v) is 19.8. The number of carbonyl (C=O) groups excluding carboxylic acids is 3. The quantitative estimate of drug-likeness (QED) is 0.0528. The van der Waals surface area contributed by atoms with E-state index in [4.69, 9.17) is 18.6 Å². The van der Waals surface area contributed by atoms with Gasteiger partial charge in [-0.15, -0.1) is 0 Å². The summed E-state index contributed by atoms with van der Waals surface area (Å²) < 4.78 is 23.3. The largest absolute Gasteiger partial charge is 0.463 e. The second kappa shape index (κ2) is 19.6. The fraction of sp³-hybridized carbons (Fsp3) is 0.410. The van der Waals surface area contributed by atoms with Gasteiger partial charge in [-0.1, -0.05) is 118 Å². The van der Waals surface area contributed by atoms with Gasteiger partial charge in [-0.05, 0) is 67.4 Å². The van der Waals surface area contributed by atoms with E-state index < -0.39 is 32.5 Å². The molecule has 2 atom stereocenters. The first kappa shape index (κ1) is 39.0. The standard InChI is InChI=1S/C39H52N2O7Si/c1-7-45-36(42)27-26-34(28-35(48-49(5,6)39(2,3)4)25-17-24-31-18-11-8-12-19-31)41(38(44)47-30-33-22-15-10-16-23-33)40-37(43)46-29-32-20-13-9-14-21-32/h8-16,18-23,26-27,34-35H,7,17,24-25,28-30H2,1-6H3,(H,40,43)/b27-26+/t34-,35+/m0/s1. The van der Waals surface area contributed by atoms with Crippen LogP contribution in [0.5, 0.6) is 0 Å². The van der Waals surface area contributed by atoms with Crippen LogP contribution in [-0.4, -0.2) is 50.2 Å². The smallest absolute Gasteiger partial charge is 0.429 e. The molecule has 2 amide bonds. The van der Waals surface area contributed by atoms with E-state index in [0.717, 1.165) is 29.0 Å². The maximum atomic E-state index is 13.8. The number of hydrazine groups is 1. The van der Waals surface area contributed by atoms with Gasteiger partial charge < -0.3 is 18.6 Å². The predicted octanol–water partition coefficient (Wildman–Crippen LogP) is 8.76.